The Bertz CT molecular complexity index is 778. The average molecular weight is 381 g/mol. The summed E-state index contributed by atoms with van der Waals surface area (Å²) in [6.07, 6.45) is 1.94. The second-order valence-corrected chi connectivity index (χ2v) is 9.54. The third kappa shape index (κ3) is 4.44. The first-order valence-corrected chi connectivity index (χ1v) is 10.9. The lowest BCUT2D eigenvalue weighted by molar-refractivity contribution is -0.138. The summed E-state index contributed by atoms with van der Waals surface area (Å²) in [4.78, 5) is 25.4. The van der Waals surface area contributed by atoms with Crippen molar-refractivity contribution in [3.05, 3.63) is 29.3 Å². The Morgan fingerprint density at radius 2 is 1.69 bits per heavy atom. The van der Waals surface area contributed by atoms with E-state index in [9.17, 15) is 18.0 Å². The maximum atomic E-state index is 12.8. The van der Waals surface area contributed by atoms with E-state index >= 15 is 0 Å². The zero-order valence-electron chi connectivity index (χ0n) is 15.9. The van der Waals surface area contributed by atoms with Gasteiger partial charge in [-0.3, -0.25) is 9.59 Å². The number of rotatable bonds is 6. The number of carbonyl (C=O) groups is 2. The summed E-state index contributed by atoms with van der Waals surface area (Å²) in [5.74, 6) is -0.834. The van der Waals surface area contributed by atoms with Gasteiger partial charge in [0.2, 0.25) is 11.8 Å². The van der Waals surface area contributed by atoms with Gasteiger partial charge in [0.25, 0.3) is 0 Å². The first kappa shape index (κ1) is 20.4. The van der Waals surface area contributed by atoms with Crippen molar-refractivity contribution in [3.63, 3.8) is 0 Å². The quantitative estimate of drug-likeness (QED) is 0.739. The number of nitrogens with one attached hydrogen (secondary N) is 2. The molecule has 1 heterocycles. The van der Waals surface area contributed by atoms with Crippen molar-refractivity contribution in [2.24, 2.45) is 5.41 Å². The molecule has 2 rings (SSSR count). The van der Waals surface area contributed by atoms with Crippen LogP contribution in [0.3, 0.4) is 0 Å². The second-order valence-electron chi connectivity index (χ2n) is 7.31. The van der Waals surface area contributed by atoms with E-state index in [0.717, 1.165) is 29.7 Å². The van der Waals surface area contributed by atoms with Gasteiger partial charge in [0.15, 0.2) is 9.84 Å². The molecule has 0 spiro atoms. The molecule has 1 unspecified atom stereocenters. The fraction of sp³-hybridized carbons (Fsp3) is 0.579. The molecule has 0 radical (unpaired) electrons. The highest BCUT2D eigenvalue weighted by molar-refractivity contribution is 7.91. The van der Waals surface area contributed by atoms with Crippen molar-refractivity contribution < 1.29 is 18.0 Å². The van der Waals surface area contributed by atoms with E-state index in [1.54, 1.807) is 13.8 Å². The van der Waals surface area contributed by atoms with Gasteiger partial charge in [0.1, 0.15) is 5.41 Å². The van der Waals surface area contributed by atoms with Crippen LogP contribution in [0.25, 0.3) is 0 Å². The lowest BCUT2D eigenvalue weighted by Crippen LogP contribution is -2.49. The first-order valence-electron chi connectivity index (χ1n) is 9.04. The summed E-state index contributed by atoms with van der Waals surface area (Å²) < 4.78 is 23.1. The van der Waals surface area contributed by atoms with E-state index < -0.39 is 33.1 Å². The Hall–Kier alpha value is -1.89. The Labute approximate surface area is 155 Å². The number of amides is 2. The van der Waals surface area contributed by atoms with Crippen LogP contribution in [-0.4, -0.2) is 37.8 Å². The summed E-state index contributed by atoms with van der Waals surface area (Å²) in [5.41, 5.74) is 1.51. The van der Waals surface area contributed by atoms with Gasteiger partial charge in [-0.1, -0.05) is 32.0 Å². The molecule has 1 fully saturated rings. The molecule has 0 bridgehead atoms. The number of sulfone groups is 1. The molecule has 0 aliphatic carbocycles. The molecule has 1 aliphatic heterocycles. The van der Waals surface area contributed by atoms with Gasteiger partial charge in [-0.05, 0) is 44.2 Å². The number of hydrogen-bond acceptors (Lipinski definition) is 4. The van der Waals surface area contributed by atoms with Gasteiger partial charge in [-0.15, -0.1) is 0 Å². The minimum Gasteiger partial charge on any atom is -0.351 e. The Morgan fingerprint density at radius 3 is 2.15 bits per heavy atom. The van der Waals surface area contributed by atoms with Gasteiger partial charge in [-0.25, -0.2) is 8.42 Å². The molecule has 1 saturated heterocycles. The Balaban J connectivity index is 2.14. The van der Waals surface area contributed by atoms with Crippen molar-refractivity contribution in [1.29, 1.82) is 0 Å². The predicted octanol–water partition coefficient (Wildman–Crippen LogP) is 2.08. The monoisotopic (exact) mass is 380 g/mol. The Morgan fingerprint density at radius 1 is 1.12 bits per heavy atom. The van der Waals surface area contributed by atoms with Gasteiger partial charge in [0.05, 0.1) is 11.5 Å². The van der Waals surface area contributed by atoms with Crippen LogP contribution < -0.4 is 10.6 Å². The number of anilines is 1. The SMILES string of the molecule is CCc1cccc(CC)c1NC(=O)C(C)(C)C(=O)NC1CCS(=O)(=O)C1. The number of aryl methyl sites for hydroxylation is 2. The highest BCUT2D eigenvalue weighted by atomic mass is 32.2. The molecule has 6 nitrogen and oxygen atoms in total. The molecular weight excluding hydrogens is 352 g/mol. The summed E-state index contributed by atoms with van der Waals surface area (Å²) in [6, 6.07) is 5.47. The fourth-order valence-corrected chi connectivity index (χ4v) is 4.72. The molecule has 1 atom stereocenters. The van der Waals surface area contributed by atoms with Crippen molar-refractivity contribution >= 4 is 27.3 Å². The third-order valence-electron chi connectivity index (χ3n) is 4.94. The van der Waals surface area contributed by atoms with Crippen LogP contribution in [0.4, 0.5) is 5.69 Å². The molecule has 0 aromatic heterocycles. The van der Waals surface area contributed by atoms with E-state index in [0.29, 0.717) is 6.42 Å². The first-order chi connectivity index (χ1) is 12.1. The lowest BCUT2D eigenvalue weighted by Gasteiger charge is -2.26. The third-order valence-corrected chi connectivity index (χ3v) is 6.71. The van der Waals surface area contributed by atoms with Crippen LogP contribution in [0.15, 0.2) is 18.2 Å². The van der Waals surface area contributed by atoms with Crippen molar-refractivity contribution in [2.75, 3.05) is 16.8 Å². The average Bonchev–Trinajstić information content (AvgIpc) is 2.93. The van der Waals surface area contributed by atoms with E-state index in [4.69, 9.17) is 0 Å². The van der Waals surface area contributed by atoms with Crippen LogP contribution >= 0.6 is 0 Å². The topological polar surface area (TPSA) is 92.3 Å². The summed E-state index contributed by atoms with van der Waals surface area (Å²) in [6.45, 7) is 7.15. The fourth-order valence-electron chi connectivity index (χ4n) is 3.05. The van der Waals surface area contributed by atoms with Crippen LogP contribution in [-0.2, 0) is 32.3 Å². The molecule has 2 amide bonds. The molecule has 1 aromatic rings. The van der Waals surface area contributed by atoms with Gasteiger partial charge < -0.3 is 10.6 Å². The molecule has 144 valence electrons. The molecule has 1 aliphatic rings. The van der Waals surface area contributed by atoms with Crippen molar-refractivity contribution in [2.45, 2.75) is 53.0 Å². The minimum absolute atomic E-state index is 0.0604. The zero-order valence-corrected chi connectivity index (χ0v) is 16.7. The molecule has 2 N–H and O–H groups in total. The molecule has 26 heavy (non-hydrogen) atoms. The molecule has 0 saturated carbocycles. The molecule has 7 heteroatoms. The van der Waals surface area contributed by atoms with E-state index in [1.165, 1.54) is 0 Å². The van der Waals surface area contributed by atoms with Crippen LogP contribution in [0.2, 0.25) is 0 Å². The smallest absolute Gasteiger partial charge is 0.239 e. The summed E-state index contributed by atoms with van der Waals surface area (Å²) in [5, 5.41) is 5.65. The van der Waals surface area contributed by atoms with Crippen molar-refractivity contribution in [3.8, 4) is 0 Å². The number of hydrogen-bond donors (Lipinski definition) is 2. The van der Waals surface area contributed by atoms with E-state index in [2.05, 4.69) is 10.6 Å². The van der Waals surface area contributed by atoms with Crippen LogP contribution in [0.1, 0.15) is 45.2 Å². The molecule has 1 aromatic carbocycles. The molecular formula is C19H28N2O4S. The van der Waals surface area contributed by atoms with Gasteiger partial charge in [0, 0.05) is 11.7 Å². The number of carbonyl (C=O) groups excluding carboxylic acids is 2. The largest absolute Gasteiger partial charge is 0.351 e. The number of benzene rings is 1. The number of para-hydroxylation sites is 1. The lowest BCUT2D eigenvalue weighted by atomic mass is 9.90. The summed E-state index contributed by atoms with van der Waals surface area (Å²) in [7, 11) is -3.09. The minimum atomic E-state index is -3.09. The summed E-state index contributed by atoms with van der Waals surface area (Å²) >= 11 is 0. The van der Waals surface area contributed by atoms with Gasteiger partial charge >= 0.3 is 0 Å². The van der Waals surface area contributed by atoms with Crippen LogP contribution in [0, 0.1) is 5.41 Å². The van der Waals surface area contributed by atoms with E-state index in [-0.39, 0.29) is 11.5 Å². The maximum Gasteiger partial charge on any atom is 0.239 e. The second kappa shape index (κ2) is 7.78. The normalized spacial score (nSPS) is 19.2. The van der Waals surface area contributed by atoms with Crippen LogP contribution in [0.5, 0.6) is 0 Å². The Kier molecular flexibility index (Phi) is 6.11. The predicted molar refractivity (Wildman–Crippen MR) is 103 cm³/mol. The maximum absolute atomic E-state index is 12.8. The van der Waals surface area contributed by atoms with E-state index in [1.807, 2.05) is 32.0 Å². The van der Waals surface area contributed by atoms with Crippen molar-refractivity contribution in [1.82, 2.24) is 5.32 Å². The zero-order chi connectivity index (χ0) is 19.5. The highest BCUT2D eigenvalue weighted by Crippen LogP contribution is 2.26. The van der Waals surface area contributed by atoms with Gasteiger partial charge in [-0.2, -0.15) is 0 Å². The standard InChI is InChI=1S/C19H28N2O4S/c1-5-13-8-7-9-14(6-2)16(13)21-18(23)19(3,4)17(22)20-15-10-11-26(24,25)12-15/h7-9,15H,5-6,10-12H2,1-4H3,(H,20,22)(H,21,23). The highest BCUT2D eigenvalue weighted by Gasteiger charge is 2.39.